The van der Waals surface area contributed by atoms with Gasteiger partial charge in [0.1, 0.15) is 27.8 Å². The molecule has 0 saturated carbocycles. The number of hydrogen-bond donors (Lipinski definition) is 1. The molecule has 24 heavy (non-hydrogen) atoms. The Labute approximate surface area is 140 Å². The van der Waals surface area contributed by atoms with E-state index in [1.54, 1.807) is 7.05 Å². The highest BCUT2D eigenvalue weighted by Gasteiger charge is 2.47. The van der Waals surface area contributed by atoms with Crippen molar-refractivity contribution in [3.8, 4) is 16.6 Å². The molecule has 0 aliphatic heterocycles. The predicted octanol–water partition coefficient (Wildman–Crippen LogP) is 2.04. The molecular weight excluding hydrogens is 360 g/mol. The summed E-state index contributed by atoms with van der Waals surface area (Å²) >= 11 is 0.806. The number of nitrogens with zero attached hydrogens (tertiary/aromatic N) is 3. The lowest BCUT2D eigenvalue weighted by molar-refractivity contribution is -0.122. The van der Waals surface area contributed by atoms with E-state index in [2.05, 4.69) is 5.10 Å². The molecule has 2 heterocycles. The van der Waals surface area contributed by atoms with E-state index in [9.17, 15) is 22.3 Å². The maximum atomic E-state index is 13.9. The van der Waals surface area contributed by atoms with Gasteiger partial charge in [0.2, 0.25) is 0 Å². The van der Waals surface area contributed by atoms with Crippen molar-refractivity contribution < 1.29 is 22.3 Å². The molecule has 0 fully saturated rings. The molecule has 0 amide bonds. The van der Waals surface area contributed by atoms with Crippen molar-refractivity contribution in [3.05, 3.63) is 22.9 Å². The van der Waals surface area contributed by atoms with Crippen molar-refractivity contribution in [2.24, 2.45) is 7.05 Å². The van der Waals surface area contributed by atoms with Gasteiger partial charge < -0.3 is 5.11 Å². The van der Waals surface area contributed by atoms with E-state index >= 15 is 0 Å². The van der Waals surface area contributed by atoms with E-state index in [0.29, 0.717) is 16.1 Å². The lowest BCUT2D eigenvalue weighted by Crippen LogP contribution is -2.32. The van der Waals surface area contributed by atoms with Crippen molar-refractivity contribution in [1.29, 1.82) is 5.26 Å². The Morgan fingerprint density at radius 2 is 2.21 bits per heavy atom. The maximum Gasteiger partial charge on any atom is 0.277 e. The van der Waals surface area contributed by atoms with Gasteiger partial charge in [-0.25, -0.2) is 17.2 Å². The molecule has 0 spiro atoms. The van der Waals surface area contributed by atoms with Gasteiger partial charge >= 0.3 is 0 Å². The molecule has 1 N–H and O–H groups in total. The molecule has 1 aliphatic rings. The van der Waals surface area contributed by atoms with Crippen molar-refractivity contribution in [2.45, 2.75) is 29.1 Å². The topological polar surface area (TPSA) is 96.0 Å². The van der Waals surface area contributed by atoms with Crippen LogP contribution in [0.25, 0.3) is 10.6 Å². The number of aromatic nitrogens is 2. The van der Waals surface area contributed by atoms with Crippen LogP contribution in [-0.2, 0) is 23.3 Å². The first-order valence-electron chi connectivity index (χ1n) is 6.92. The SMILES string of the molecule is Cn1nc(-c2sc(S(C)(=O)=O)c3c2CCC(F)(F)[C@H]3O)cc1C#N. The molecule has 0 radical (unpaired) electrons. The Kier molecular flexibility index (Phi) is 3.78. The van der Waals surface area contributed by atoms with Crippen LogP contribution < -0.4 is 0 Å². The van der Waals surface area contributed by atoms with Gasteiger partial charge in [0.25, 0.3) is 5.92 Å². The second kappa shape index (κ2) is 5.34. The fourth-order valence-corrected chi connectivity index (χ4v) is 5.34. The summed E-state index contributed by atoms with van der Waals surface area (Å²) in [7, 11) is -2.24. The third-order valence-electron chi connectivity index (χ3n) is 3.96. The van der Waals surface area contributed by atoms with E-state index in [1.165, 1.54) is 10.7 Å². The third kappa shape index (κ3) is 2.53. The average Bonchev–Trinajstić information content (AvgIpc) is 3.03. The zero-order chi connectivity index (χ0) is 17.9. The zero-order valence-electron chi connectivity index (χ0n) is 12.7. The van der Waals surface area contributed by atoms with Crippen LogP contribution in [0.2, 0.25) is 0 Å². The van der Waals surface area contributed by atoms with Gasteiger partial charge in [-0.1, -0.05) is 0 Å². The van der Waals surface area contributed by atoms with Crippen LogP contribution in [0.4, 0.5) is 8.78 Å². The standard InChI is InChI=1S/C14H13F2N3O3S2/c1-19-7(6-17)5-9(18-19)11-8-3-4-14(15,16)12(20)10(8)13(23-11)24(2,21)22/h5,12,20H,3-4H2,1-2H3/t12-/m0/s1. The summed E-state index contributed by atoms with van der Waals surface area (Å²) in [6, 6.07) is 3.41. The van der Waals surface area contributed by atoms with Gasteiger partial charge in [0.15, 0.2) is 9.84 Å². The van der Waals surface area contributed by atoms with Gasteiger partial charge in [0, 0.05) is 31.4 Å². The molecule has 128 valence electrons. The molecule has 0 bridgehead atoms. The number of hydrogen-bond acceptors (Lipinski definition) is 6. The van der Waals surface area contributed by atoms with Crippen LogP contribution in [0.15, 0.2) is 10.3 Å². The number of rotatable bonds is 2. The Hall–Kier alpha value is -1.83. The van der Waals surface area contributed by atoms with Crippen LogP contribution >= 0.6 is 11.3 Å². The number of aryl methyl sites for hydroxylation is 1. The number of fused-ring (bicyclic) bond motifs is 1. The quantitative estimate of drug-likeness (QED) is 0.869. The highest BCUT2D eigenvalue weighted by Crippen LogP contribution is 2.50. The lowest BCUT2D eigenvalue weighted by Gasteiger charge is -2.28. The van der Waals surface area contributed by atoms with Crippen LogP contribution in [0, 0.1) is 11.3 Å². The number of halogens is 2. The summed E-state index contributed by atoms with van der Waals surface area (Å²) in [5.74, 6) is -3.38. The third-order valence-corrected chi connectivity index (χ3v) is 7.08. The number of sulfone groups is 1. The largest absolute Gasteiger partial charge is 0.382 e. The Bertz CT molecular complexity index is 970. The van der Waals surface area contributed by atoms with E-state index in [4.69, 9.17) is 5.26 Å². The first kappa shape index (κ1) is 17.0. The lowest BCUT2D eigenvalue weighted by atomic mass is 9.88. The molecule has 10 heteroatoms. The number of alkyl halides is 2. The molecule has 0 unspecified atom stereocenters. The van der Waals surface area contributed by atoms with E-state index in [-0.39, 0.29) is 21.9 Å². The van der Waals surface area contributed by atoms with Crippen LogP contribution in [0.1, 0.15) is 29.3 Å². The highest BCUT2D eigenvalue weighted by molar-refractivity contribution is 7.92. The Balaban J connectivity index is 2.29. The second-order valence-corrected chi connectivity index (χ2v) is 8.93. The first-order valence-corrected chi connectivity index (χ1v) is 9.63. The maximum absolute atomic E-state index is 13.9. The van der Waals surface area contributed by atoms with Gasteiger partial charge in [-0.3, -0.25) is 4.68 Å². The predicted molar refractivity (Wildman–Crippen MR) is 82.6 cm³/mol. The molecule has 1 aliphatic carbocycles. The van der Waals surface area contributed by atoms with E-state index < -0.39 is 28.3 Å². The minimum absolute atomic E-state index is 0.0702. The van der Waals surface area contributed by atoms with Gasteiger partial charge in [-0.05, 0) is 12.0 Å². The molecule has 2 aromatic heterocycles. The van der Waals surface area contributed by atoms with Gasteiger partial charge in [-0.2, -0.15) is 10.4 Å². The summed E-state index contributed by atoms with van der Waals surface area (Å²) in [5, 5.41) is 23.2. The Morgan fingerprint density at radius 3 is 2.75 bits per heavy atom. The number of aliphatic hydroxyl groups is 1. The van der Waals surface area contributed by atoms with Crippen molar-refractivity contribution in [2.75, 3.05) is 6.26 Å². The van der Waals surface area contributed by atoms with Crippen LogP contribution in [-0.4, -0.2) is 35.5 Å². The zero-order valence-corrected chi connectivity index (χ0v) is 14.4. The van der Waals surface area contributed by atoms with Crippen LogP contribution in [0.3, 0.4) is 0 Å². The highest BCUT2D eigenvalue weighted by atomic mass is 32.2. The molecule has 6 nitrogen and oxygen atoms in total. The first-order chi connectivity index (χ1) is 11.1. The minimum Gasteiger partial charge on any atom is -0.382 e. The second-order valence-electron chi connectivity index (χ2n) is 5.70. The fraction of sp³-hybridized carbons (Fsp3) is 0.429. The fourth-order valence-electron chi connectivity index (χ4n) is 2.78. The summed E-state index contributed by atoms with van der Waals surface area (Å²) in [6.07, 6.45) is -1.90. The molecule has 3 rings (SSSR count). The van der Waals surface area contributed by atoms with Crippen LogP contribution in [0.5, 0.6) is 0 Å². The monoisotopic (exact) mass is 373 g/mol. The molecule has 0 aromatic carbocycles. The smallest absolute Gasteiger partial charge is 0.277 e. The normalized spacial score (nSPS) is 19.8. The minimum atomic E-state index is -3.80. The van der Waals surface area contributed by atoms with Gasteiger partial charge in [0.05, 0.1) is 4.88 Å². The number of nitriles is 1. The number of aliphatic hydroxyl groups excluding tert-OH is 1. The summed E-state index contributed by atoms with van der Waals surface area (Å²) in [4.78, 5) is 0.400. The molecule has 1 atom stereocenters. The van der Waals surface area contributed by atoms with Crippen molar-refractivity contribution in [3.63, 3.8) is 0 Å². The summed E-state index contributed by atoms with van der Waals surface area (Å²) in [5.41, 5.74) is 0.719. The summed E-state index contributed by atoms with van der Waals surface area (Å²) < 4.78 is 52.8. The van der Waals surface area contributed by atoms with Crippen molar-refractivity contribution in [1.82, 2.24) is 9.78 Å². The van der Waals surface area contributed by atoms with Gasteiger partial charge in [-0.15, -0.1) is 11.3 Å². The average molecular weight is 373 g/mol. The molecule has 0 saturated heterocycles. The van der Waals surface area contributed by atoms with E-state index in [0.717, 1.165) is 17.6 Å². The Morgan fingerprint density at radius 1 is 1.54 bits per heavy atom. The molecular formula is C14H13F2N3O3S2. The number of thiophene rings is 1. The van der Waals surface area contributed by atoms with E-state index in [1.807, 2.05) is 6.07 Å². The molecule has 2 aromatic rings. The van der Waals surface area contributed by atoms with Crippen molar-refractivity contribution >= 4 is 21.2 Å². The summed E-state index contributed by atoms with van der Waals surface area (Å²) in [6.45, 7) is 0.